The lowest BCUT2D eigenvalue weighted by atomic mass is 9.80. The van der Waals surface area contributed by atoms with Gasteiger partial charge in [0.15, 0.2) is 5.69 Å². The second-order valence-corrected chi connectivity index (χ2v) is 6.60. The van der Waals surface area contributed by atoms with Gasteiger partial charge in [-0.2, -0.15) is 18.3 Å². The molecular formula is C18H16F3N3O4. The molecule has 1 heterocycles. The van der Waals surface area contributed by atoms with E-state index in [0.717, 1.165) is 16.8 Å². The third-order valence-corrected chi connectivity index (χ3v) is 4.58. The number of amides is 1. The van der Waals surface area contributed by atoms with Crippen molar-refractivity contribution in [3.8, 4) is 5.69 Å². The first-order valence-corrected chi connectivity index (χ1v) is 8.39. The van der Waals surface area contributed by atoms with Crippen LogP contribution in [0.2, 0.25) is 0 Å². The average Bonchev–Trinajstić information content (AvgIpc) is 2.56. The monoisotopic (exact) mass is 395 g/mol. The van der Waals surface area contributed by atoms with Gasteiger partial charge in [0.2, 0.25) is 5.43 Å². The van der Waals surface area contributed by atoms with E-state index >= 15 is 0 Å². The molecule has 1 aliphatic carbocycles. The summed E-state index contributed by atoms with van der Waals surface area (Å²) in [6, 6.07) is 5.31. The summed E-state index contributed by atoms with van der Waals surface area (Å²) in [4.78, 5) is 35.3. The summed E-state index contributed by atoms with van der Waals surface area (Å²) < 4.78 is 40.8. The van der Waals surface area contributed by atoms with Crippen LogP contribution in [0.4, 0.5) is 13.2 Å². The number of para-hydroxylation sites is 1. The predicted octanol–water partition coefficient (Wildman–Crippen LogP) is 2.15. The molecule has 1 aromatic carbocycles. The molecule has 1 amide bonds. The number of carbonyl (C=O) groups excluding carboxylic acids is 1. The van der Waals surface area contributed by atoms with Gasteiger partial charge in [0, 0.05) is 17.8 Å². The summed E-state index contributed by atoms with van der Waals surface area (Å²) in [6.07, 6.45) is -4.20. The zero-order valence-electron chi connectivity index (χ0n) is 14.7. The molecule has 0 atom stereocenters. The van der Waals surface area contributed by atoms with Gasteiger partial charge in [-0.3, -0.25) is 14.4 Å². The maximum absolute atomic E-state index is 13.3. The standard InChI is InChI=1S/C18H16F3N3O4/c1-9-6-14(25)15(16(26)22-11-7-10(8-11)17(27)28)23-24(9)13-5-3-2-4-12(13)18(19,20)21/h2-6,10-11H,7-8H2,1H3,(H,22,26)(H,27,28). The van der Waals surface area contributed by atoms with Crippen LogP contribution in [0.1, 0.15) is 34.6 Å². The van der Waals surface area contributed by atoms with Gasteiger partial charge < -0.3 is 10.4 Å². The fraction of sp³-hybridized carbons (Fsp3) is 0.333. The quantitative estimate of drug-likeness (QED) is 0.826. The first kappa shape index (κ1) is 19.6. The summed E-state index contributed by atoms with van der Waals surface area (Å²) >= 11 is 0. The van der Waals surface area contributed by atoms with Gasteiger partial charge in [-0.1, -0.05) is 12.1 Å². The lowest BCUT2D eigenvalue weighted by molar-refractivity contribution is -0.145. The second-order valence-electron chi connectivity index (χ2n) is 6.60. The Morgan fingerprint density at radius 2 is 1.89 bits per heavy atom. The van der Waals surface area contributed by atoms with Crippen LogP contribution in [-0.4, -0.2) is 32.8 Å². The molecule has 2 N–H and O–H groups in total. The third kappa shape index (κ3) is 3.75. The Hall–Kier alpha value is -3.17. The zero-order valence-corrected chi connectivity index (χ0v) is 14.7. The van der Waals surface area contributed by atoms with E-state index in [9.17, 15) is 27.6 Å². The topological polar surface area (TPSA) is 101 Å². The van der Waals surface area contributed by atoms with Gasteiger partial charge in [-0.25, -0.2) is 4.68 Å². The van der Waals surface area contributed by atoms with E-state index in [2.05, 4.69) is 10.4 Å². The van der Waals surface area contributed by atoms with Crippen molar-refractivity contribution in [3.05, 3.63) is 57.5 Å². The van der Waals surface area contributed by atoms with E-state index in [1.54, 1.807) is 0 Å². The molecule has 2 aromatic rings. The van der Waals surface area contributed by atoms with Crippen LogP contribution in [-0.2, 0) is 11.0 Å². The van der Waals surface area contributed by atoms with Crippen LogP contribution in [0.5, 0.6) is 0 Å². The van der Waals surface area contributed by atoms with E-state index in [1.165, 1.54) is 25.1 Å². The minimum absolute atomic E-state index is 0.132. The van der Waals surface area contributed by atoms with Crippen LogP contribution in [0.25, 0.3) is 5.69 Å². The Balaban J connectivity index is 1.94. The van der Waals surface area contributed by atoms with Crippen LogP contribution in [0, 0.1) is 12.8 Å². The van der Waals surface area contributed by atoms with Crippen molar-refractivity contribution in [1.29, 1.82) is 0 Å². The molecule has 0 unspecified atom stereocenters. The molecule has 7 nitrogen and oxygen atoms in total. The number of nitrogens with one attached hydrogen (secondary N) is 1. The average molecular weight is 395 g/mol. The number of nitrogens with zero attached hydrogens (tertiary/aromatic N) is 2. The lowest BCUT2D eigenvalue weighted by Gasteiger charge is -2.32. The number of rotatable bonds is 4. The first-order chi connectivity index (χ1) is 13.1. The molecule has 0 saturated heterocycles. The van der Waals surface area contributed by atoms with Crippen molar-refractivity contribution < 1.29 is 27.9 Å². The van der Waals surface area contributed by atoms with E-state index in [1.807, 2.05) is 0 Å². The van der Waals surface area contributed by atoms with E-state index in [0.29, 0.717) is 0 Å². The van der Waals surface area contributed by atoms with E-state index in [-0.39, 0.29) is 24.2 Å². The predicted molar refractivity (Wildman–Crippen MR) is 91.2 cm³/mol. The first-order valence-electron chi connectivity index (χ1n) is 8.39. The molecule has 3 rings (SSSR count). The van der Waals surface area contributed by atoms with Crippen molar-refractivity contribution in [2.75, 3.05) is 0 Å². The highest BCUT2D eigenvalue weighted by Gasteiger charge is 2.36. The summed E-state index contributed by atoms with van der Waals surface area (Å²) in [7, 11) is 0. The minimum atomic E-state index is -4.64. The molecule has 1 aliphatic rings. The number of carbonyl (C=O) groups is 2. The summed E-state index contributed by atoms with van der Waals surface area (Å²) in [6.45, 7) is 1.41. The Morgan fingerprint density at radius 3 is 2.50 bits per heavy atom. The Morgan fingerprint density at radius 1 is 1.25 bits per heavy atom. The molecule has 0 bridgehead atoms. The molecule has 1 aromatic heterocycles. The third-order valence-electron chi connectivity index (χ3n) is 4.58. The minimum Gasteiger partial charge on any atom is -0.481 e. The fourth-order valence-corrected chi connectivity index (χ4v) is 3.04. The smallest absolute Gasteiger partial charge is 0.418 e. The number of halogens is 3. The summed E-state index contributed by atoms with van der Waals surface area (Å²) in [5.41, 5.74) is -2.42. The molecular weight excluding hydrogens is 379 g/mol. The molecule has 0 aliphatic heterocycles. The van der Waals surface area contributed by atoms with Crippen molar-refractivity contribution >= 4 is 11.9 Å². The van der Waals surface area contributed by atoms with E-state index in [4.69, 9.17) is 5.11 Å². The fourth-order valence-electron chi connectivity index (χ4n) is 3.04. The number of aryl methyl sites for hydroxylation is 1. The van der Waals surface area contributed by atoms with Gasteiger partial charge in [-0.15, -0.1) is 0 Å². The molecule has 1 fully saturated rings. The number of alkyl halides is 3. The Labute approximate surface area is 156 Å². The molecule has 0 spiro atoms. The van der Waals surface area contributed by atoms with Gasteiger partial charge in [0.1, 0.15) is 0 Å². The number of carboxylic acid groups (broad SMARTS) is 1. The maximum atomic E-state index is 13.3. The molecule has 28 heavy (non-hydrogen) atoms. The number of carboxylic acids is 1. The molecule has 0 radical (unpaired) electrons. The van der Waals surface area contributed by atoms with Crippen LogP contribution in [0.15, 0.2) is 35.1 Å². The number of hydrogen-bond donors (Lipinski definition) is 2. The van der Waals surface area contributed by atoms with Crippen molar-refractivity contribution in [3.63, 3.8) is 0 Å². The number of aromatic nitrogens is 2. The SMILES string of the molecule is Cc1cc(=O)c(C(=O)NC2CC(C(=O)O)C2)nn1-c1ccccc1C(F)(F)F. The normalized spacial score (nSPS) is 19.0. The highest BCUT2D eigenvalue weighted by Crippen LogP contribution is 2.33. The largest absolute Gasteiger partial charge is 0.481 e. The highest BCUT2D eigenvalue weighted by atomic mass is 19.4. The molecule has 10 heteroatoms. The maximum Gasteiger partial charge on any atom is 0.418 e. The van der Waals surface area contributed by atoms with Gasteiger partial charge in [-0.05, 0) is 31.9 Å². The van der Waals surface area contributed by atoms with Crippen LogP contribution in [0.3, 0.4) is 0 Å². The number of hydrogen-bond acceptors (Lipinski definition) is 4. The molecule has 148 valence electrons. The van der Waals surface area contributed by atoms with E-state index < -0.39 is 46.7 Å². The highest BCUT2D eigenvalue weighted by molar-refractivity contribution is 5.92. The second kappa shape index (κ2) is 7.10. The van der Waals surface area contributed by atoms with Gasteiger partial charge in [0.25, 0.3) is 5.91 Å². The van der Waals surface area contributed by atoms with Crippen LogP contribution < -0.4 is 10.7 Å². The van der Waals surface area contributed by atoms with Gasteiger partial charge >= 0.3 is 12.1 Å². The number of benzene rings is 1. The van der Waals surface area contributed by atoms with Crippen LogP contribution >= 0.6 is 0 Å². The zero-order chi connectivity index (χ0) is 20.6. The Bertz CT molecular complexity index is 994. The lowest BCUT2D eigenvalue weighted by Crippen LogP contribution is -2.48. The molecule has 1 saturated carbocycles. The van der Waals surface area contributed by atoms with Crippen molar-refractivity contribution in [1.82, 2.24) is 15.1 Å². The Kier molecular flexibility index (Phi) is 4.97. The van der Waals surface area contributed by atoms with Crippen molar-refractivity contribution in [2.24, 2.45) is 5.92 Å². The summed E-state index contributed by atoms with van der Waals surface area (Å²) in [5, 5.41) is 15.2. The van der Waals surface area contributed by atoms with Gasteiger partial charge in [0.05, 0.1) is 17.2 Å². The van der Waals surface area contributed by atoms with Crippen molar-refractivity contribution in [2.45, 2.75) is 32.0 Å². The summed E-state index contributed by atoms with van der Waals surface area (Å²) in [5.74, 6) is -2.38. The number of aliphatic carboxylic acids is 1.